The number of allylic oxidation sites excluding steroid dienone is 4. The molecule has 21 heavy (non-hydrogen) atoms. The molecule has 0 heterocycles. The van der Waals surface area contributed by atoms with Crippen LogP contribution in [0.5, 0.6) is 0 Å². The van der Waals surface area contributed by atoms with E-state index in [0.717, 1.165) is 6.42 Å². The van der Waals surface area contributed by atoms with Crippen LogP contribution < -0.4 is 24.8 Å². The van der Waals surface area contributed by atoms with Gasteiger partial charge in [-0.2, -0.15) is 17.7 Å². The van der Waals surface area contributed by atoms with Gasteiger partial charge in [0.2, 0.25) is 0 Å². The molecule has 1 aliphatic carbocycles. The maximum Gasteiger partial charge on any atom is -0.0809 e. The molecule has 0 fully saturated rings. The minimum absolute atomic E-state index is 0. The van der Waals surface area contributed by atoms with Crippen LogP contribution >= 0.6 is 0 Å². The number of hydrogen-bond acceptors (Lipinski definition) is 0. The van der Waals surface area contributed by atoms with Gasteiger partial charge in [-0.15, -0.1) is 41.5 Å². The van der Waals surface area contributed by atoms with Crippen molar-refractivity contribution in [2.75, 3.05) is 0 Å². The van der Waals surface area contributed by atoms with Gasteiger partial charge >= 0.3 is 41.0 Å². The van der Waals surface area contributed by atoms with Crippen molar-refractivity contribution in [1.29, 1.82) is 0 Å². The molecule has 2 aromatic rings. The van der Waals surface area contributed by atoms with E-state index in [2.05, 4.69) is 69.3 Å². The molecule has 3 rings (SSSR count). The molecule has 0 saturated carbocycles. The molecule has 0 bridgehead atoms. The molecule has 2 aromatic carbocycles. The third-order valence-corrected chi connectivity index (χ3v) is 2.48. The van der Waals surface area contributed by atoms with Crippen LogP contribution in [0.3, 0.4) is 0 Å². The molecule has 112 valence electrons. The van der Waals surface area contributed by atoms with E-state index in [1.165, 1.54) is 40.2 Å². The van der Waals surface area contributed by atoms with E-state index < -0.39 is 0 Å². The molecule has 0 spiro atoms. The second kappa shape index (κ2) is 13.3. The summed E-state index contributed by atoms with van der Waals surface area (Å²) in [4.78, 5) is 0. The van der Waals surface area contributed by atoms with Gasteiger partial charge < -0.3 is 24.8 Å². The van der Waals surface area contributed by atoms with Crippen LogP contribution in [0.15, 0.2) is 54.6 Å². The monoisotopic (exact) mass is 486 g/mol. The minimum Gasteiger partial charge on any atom is -1.00 e. The standard InChI is InChI=1S/C10H9.C5H5.C3H6.2ClH.Hf/c1-8-6-7-9-4-2-3-5-10(8)9;1-2-4-5-3-1;1-3-2;;;/h2-7H,1H3;1-3H,4H2;1-2H3;2*1H;/q2*-1;;;;+2/p-2. The predicted molar refractivity (Wildman–Crippen MR) is 82.2 cm³/mol. The number of hydrogen-bond donors (Lipinski definition) is 0. The Morgan fingerprint density at radius 1 is 1.19 bits per heavy atom. The summed E-state index contributed by atoms with van der Waals surface area (Å²) >= 11 is 1.27. The van der Waals surface area contributed by atoms with E-state index in [1.54, 1.807) is 3.26 Å². The molecule has 0 N–H and O–H groups in total. The average Bonchev–Trinajstić information content (AvgIpc) is 3.03. The topological polar surface area (TPSA) is 0 Å². The molecular weight excluding hydrogens is 466 g/mol. The summed E-state index contributed by atoms with van der Waals surface area (Å²) in [5, 5.41) is 2.72. The first-order chi connectivity index (χ1) is 9.11. The molecular formula is C18H20Cl2Hf-2. The first-order valence-electron chi connectivity index (χ1n) is 6.46. The molecule has 0 unspecified atom stereocenters. The Balaban J connectivity index is 0. The second-order valence-corrected chi connectivity index (χ2v) is 8.20. The van der Waals surface area contributed by atoms with Gasteiger partial charge in [0.15, 0.2) is 0 Å². The Labute approximate surface area is 155 Å². The molecule has 0 radical (unpaired) electrons. The minimum atomic E-state index is 0. The maximum absolute atomic E-state index is 2.99. The van der Waals surface area contributed by atoms with Crippen molar-refractivity contribution < 1.29 is 48.7 Å². The second-order valence-electron chi connectivity index (χ2n) is 4.61. The van der Waals surface area contributed by atoms with Crippen molar-refractivity contribution >= 4 is 14.0 Å². The van der Waals surface area contributed by atoms with Crippen LogP contribution in [0.4, 0.5) is 0 Å². The smallest absolute Gasteiger partial charge is 0.0809 e. The van der Waals surface area contributed by atoms with Crippen molar-refractivity contribution in [3.8, 4) is 0 Å². The fraction of sp³-hybridized carbons (Fsp3) is 0.222. The van der Waals surface area contributed by atoms with E-state index >= 15 is 0 Å². The van der Waals surface area contributed by atoms with Gasteiger partial charge in [0.05, 0.1) is 0 Å². The van der Waals surface area contributed by atoms with E-state index in [4.69, 9.17) is 0 Å². The quantitative estimate of drug-likeness (QED) is 0.329. The Hall–Kier alpha value is -0.370. The van der Waals surface area contributed by atoms with E-state index in [1.807, 2.05) is 12.2 Å². The summed E-state index contributed by atoms with van der Waals surface area (Å²) in [5.41, 5.74) is 1.37. The Kier molecular flexibility index (Phi) is 14.5. The maximum atomic E-state index is 2.99. The van der Waals surface area contributed by atoms with Crippen LogP contribution in [0, 0.1) is 13.0 Å². The van der Waals surface area contributed by atoms with Crippen LogP contribution in [-0.2, 0) is 23.9 Å². The van der Waals surface area contributed by atoms with Gasteiger partial charge in [0.1, 0.15) is 0 Å². The normalized spacial score (nSPS) is 10.5. The summed E-state index contributed by atoms with van der Waals surface area (Å²) in [5.74, 6) is 0. The molecule has 3 heteroatoms. The molecule has 0 aliphatic heterocycles. The van der Waals surface area contributed by atoms with Crippen LogP contribution in [0.2, 0.25) is 0 Å². The van der Waals surface area contributed by atoms with Gasteiger partial charge in [0.25, 0.3) is 0 Å². The van der Waals surface area contributed by atoms with Gasteiger partial charge in [0, 0.05) is 0 Å². The van der Waals surface area contributed by atoms with Crippen molar-refractivity contribution in [3.63, 3.8) is 0 Å². The Morgan fingerprint density at radius 3 is 2.24 bits per heavy atom. The predicted octanol–water partition coefficient (Wildman–Crippen LogP) is -1.07. The van der Waals surface area contributed by atoms with Crippen molar-refractivity contribution in [2.45, 2.75) is 27.2 Å². The third kappa shape index (κ3) is 10.1. The molecule has 0 saturated heterocycles. The first kappa shape index (κ1) is 22.9. The molecule has 0 aromatic heterocycles. The fourth-order valence-electron chi connectivity index (χ4n) is 1.65. The fourth-order valence-corrected chi connectivity index (χ4v) is 1.65. The van der Waals surface area contributed by atoms with Crippen LogP contribution in [0.25, 0.3) is 10.8 Å². The molecule has 0 atom stereocenters. The van der Waals surface area contributed by atoms with Gasteiger partial charge in [-0.05, 0) is 0 Å². The Morgan fingerprint density at radius 2 is 1.81 bits per heavy atom. The SMILES string of the molecule is C[C](C)=[Hf+2].Cc1c[cH-]c2ccccc12.[C-]1=CC=CC1.[Cl-].[Cl-]. The first-order valence-corrected chi connectivity index (χ1v) is 8.25. The summed E-state index contributed by atoms with van der Waals surface area (Å²) < 4.78 is 1.56. The van der Waals surface area contributed by atoms with E-state index in [-0.39, 0.29) is 24.8 Å². The number of fused-ring (bicyclic) bond motifs is 1. The number of rotatable bonds is 0. The number of benzene rings is 1. The zero-order valence-electron chi connectivity index (χ0n) is 12.7. The van der Waals surface area contributed by atoms with Crippen LogP contribution in [-0.4, -0.2) is 3.26 Å². The molecule has 1 aliphatic rings. The molecule has 0 nitrogen and oxygen atoms in total. The van der Waals surface area contributed by atoms with E-state index in [0.29, 0.717) is 0 Å². The largest absolute Gasteiger partial charge is 1.00 e. The number of halogens is 2. The summed E-state index contributed by atoms with van der Waals surface area (Å²) in [6.45, 7) is 6.43. The van der Waals surface area contributed by atoms with Crippen molar-refractivity contribution in [2.24, 2.45) is 0 Å². The van der Waals surface area contributed by atoms with Gasteiger partial charge in [-0.3, -0.25) is 6.08 Å². The summed E-state index contributed by atoms with van der Waals surface area (Å²) in [6, 6.07) is 12.8. The zero-order chi connectivity index (χ0) is 14.1. The zero-order valence-corrected chi connectivity index (χ0v) is 17.8. The third-order valence-electron chi connectivity index (χ3n) is 2.48. The van der Waals surface area contributed by atoms with Crippen molar-refractivity contribution in [1.82, 2.24) is 0 Å². The van der Waals surface area contributed by atoms with Gasteiger partial charge in [-0.25, -0.2) is 12.2 Å². The molecule has 0 amide bonds. The summed E-state index contributed by atoms with van der Waals surface area (Å²) in [7, 11) is 0. The number of aryl methyl sites for hydroxylation is 1. The average molecular weight is 486 g/mol. The van der Waals surface area contributed by atoms with Crippen molar-refractivity contribution in [3.05, 3.63) is 66.3 Å². The summed E-state index contributed by atoms with van der Waals surface area (Å²) in [6.07, 6.45) is 10.0. The van der Waals surface area contributed by atoms with Crippen LogP contribution in [0.1, 0.15) is 25.8 Å². The van der Waals surface area contributed by atoms with Gasteiger partial charge in [-0.1, -0.05) is 13.0 Å². The van der Waals surface area contributed by atoms with E-state index in [9.17, 15) is 0 Å². The Bertz CT molecular complexity index is 566.